The Kier molecular flexibility index (Phi) is 6.58. The molecule has 0 saturated heterocycles. The first-order valence-electron chi connectivity index (χ1n) is 10.4. The van der Waals surface area contributed by atoms with E-state index in [2.05, 4.69) is 25.4 Å². The highest BCUT2D eigenvalue weighted by atomic mass is 16.5. The Hall–Kier alpha value is -4.27. The molecule has 0 aliphatic heterocycles. The Bertz CT molecular complexity index is 1260. The standard InChI is InChI=1S/C24H24N6O3/c1-16-20(23(31)26-11-8-17-5-4-10-25-14-17)15-28-30(16)24-27-12-9-21(29-24)19-13-18(32-2)6-7-22(19)33-3/h4-7,9-10,12-15H,8,11H2,1-3H3,(H,26,31). The van der Waals surface area contributed by atoms with Crippen molar-refractivity contribution in [1.82, 2.24) is 30.0 Å². The van der Waals surface area contributed by atoms with Crippen LogP contribution in [0, 0.1) is 6.92 Å². The predicted molar refractivity (Wildman–Crippen MR) is 123 cm³/mol. The van der Waals surface area contributed by atoms with Crippen molar-refractivity contribution in [2.24, 2.45) is 0 Å². The van der Waals surface area contributed by atoms with Gasteiger partial charge in [-0.2, -0.15) is 5.10 Å². The van der Waals surface area contributed by atoms with Crippen molar-refractivity contribution in [1.29, 1.82) is 0 Å². The fraction of sp³-hybridized carbons (Fsp3) is 0.208. The Morgan fingerprint density at radius 3 is 2.73 bits per heavy atom. The first-order valence-corrected chi connectivity index (χ1v) is 10.4. The summed E-state index contributed by atoms with van der Waals surface area (Å²) in [7, 11) is 3.21. The fourth-order valence-corrected chi connectivity index (χ4v) is 3.41. The van der Waals surface area contributed by atoms with Gasteiger partial charge >= 0.3 is 0 Å². The number of ether oxygens (including phenoxy) is 2. The van der Waals surface area contributed by atoms with Crippen molar-refractivity contribution < 1.29 is 14.3 Å². The van der Waals surface area contributed by atoms with Crippen molar-refractivity contribution >= 4 is 5.91 Å². The van der Waals surface area contributed by atoms with Crippen molar-refractivity contribution in [3.63, 3.8) is 0 Å². The van der Waals surface area contributed by atoms with Gasteiger partial charge in [0.05, 0.1) is 37.4 Å². The van der Waals surface area contributed by atoms with Gasteiger partial charge in [0.25, 0.3) is 11.9 Å². The molecule has 9 nitrogen and oxygen atoms in total. The second-order valence-corrected chi connectivity index (χ2v) is 7.23. The van der Waals surface area contributed by atoms with E-state index in [4.69, 9.17) is 9.47 Å². The van der Waals surface area contributed by atoms with Gasteiger partial charge in [-0.15, -0.1) is 0 Å². The van der Waals surface area contributed by atoms with Crippen molar-refractivity contribution in [2.75, 3.05) is 20.8 Å². The van der Waals surface area contributed by atoms with E-state index < -0.39 is 0 Å². The third kappa shape index (κ3) is 4.82. The molecule has 0 radical (unpaired) electrons. The van der Waals surface area contributed by atoms with Crippen LogP contribution in [-0.2, 0) is 6.42 Å². The zero-order chi connectivity index (χ0) is 23.2. The molecule has 1 amide bonds. The highest BCUT2D eigenvalue weighted by Gasteiger charge is 2.17. The van der Waals surface area contributed by atoms with Gasteiger partial charge in [0.15, 0.2) is 0 Å². The second kappa shape index (κ2) is 9.90. The maximum atomic E-state index is 12.7. The van der Waals surface area contributed by atoms with E-state index in [0.717, 1.165) is 11.1 Å². The van der Waals surface area contributed by atoms with Crippen LogP contribution in [-0.4, -0.2) is 51.4 Å². The molecular weight excluding hydrogens is 420 g/mol. The Morgan fingerprint density at radius 1 is 1.09 bits per heavy atom. The van der Waals surface area contributed by atoms with Crippen LogP contribution >= 0.6 is 0 Å². The summed E-state index contributed by atoms with van der Waals surface area (Å²) in [6, 6.07) is 11.1. The van der Waals surface area contributed by atoms with E-state index >= 15 is 0 Å². The minimum absolute atomic E-state index is 0.201. The normalized spacial score (nSPS) is 10.6. The highest BCUT2D eigenvalue weighted by molar-refractivity contribution is 5.95. The van der Waals surface area contributed by atoms with Crippen LogP contribution in [0.5, 0.6) is 11.5 Å². The summed E-state index contributed by atoms with van der Waals surface area (Å²) in [5, 5.41) is 7.28. The van der Waals surface area contributed by atoms with Crippen molar-refractivity contribution in [2.45, 2.75) is 13.3 Å². The molecule has 0 aliphatic carbocycles. The number of benzene rings is 1. The summed E-state index contributed by atoms with van der Waals surface area (Å²) < 4.78 is 12.4. The van der Waals surface area contributed by atoms with E-state index in [9.17, 15) is 4.79 Å². The zero-order valence-electron chi connectivity index (χ0n) is 18.6. The predicted octanol–water partition coefficient (Wildman–Crippen LogP) is 3.02. The summed E-state index contributed by atoms with van der Waals surface area (Å²) >= 11 is 0. The minimum atomic E-state index is -0.201. The molecule has 1 aromatic carbocycles. The molecule has 0 aliphatic rings. The molecule has 9 heteroatoms. The van der Waals surface area contributed by atoms with Crippen molar-refractivity contribution in [3.05, 3.63) is 78.0 Å². The smallest absolute Gasteiger partial charge is 0.254 e. The molecule has 0 fully saturated rings. The number of carbonyl (C=O) groups excluding carboxylic acids is 1. The average Bonchev–Trinajstić information content (AvgIpc) is 3.25. The number of pyridine rings is 1. The SMILES string of the molecule is COc1ccc(OC)c(-c2ccnc(-n3ncc(C(=O)NCCc4cccnc4)c3C)n2)c1. The Balaban J connectivity index is 1.55. The van der Waals surface area contributed by atoms with Crippen LogP contribution in [0.2, 0.25) is 0 Å². The number of hydrogen-bond acceptors (Lipinski definition) is 7. The van der Waals surface area contributed by atoms with E-state index in [1.165, 1.54) is 6.20 Å². The van der Waals surface area contributed by atoms with Crippen LogP contribution in [0.1, 0.15) is 21.6 Å². The molecule has 0 saturated carbocycles. The number of nitrogens with one attached hydrogen (secondary N) is 1. The fourth-order valence-electron chi connectivity index (χ4n) is 3.41. The number of methoxy groups -OCH3 is 2. The maximum Gasteiger partial charge on any atom is 0.254 e. The Labute approximate surface area is 191 Å². The Morgan fingerprint density at radius 2 is 1.97 bits per heavy atom. The van der Waals surface area contributed by atoms with Gasteiger partial charge in [0.2, 0.25) is 0 Å². The lowest BCUT2D eigenvalue weighted by molar-refractivity contribution is 0.0953. The van der Waals surface area contributed by atoms with E-state index in [1.54, 1.807) is 43.6 Å². The summed E-state index contributed by atoms with van der Waals surface area (Å²) in [5.41, 5.74) is 3.58. The zero-order valence-corrected chi connectivity index (χ0v) is 18.6. The van der Waals surface area contributed by atoms with E-state index in [0.29, 0.717) is 47.4 Å². The lowest BCUT2D eigenvalue weighted by Crippen LogP contribution is -2.26. The monoisotopic (exact) mass is 444 g/mol. The average molecular weight is 444 g/mol. The summed E-state index contributed by atoms with van der Waals surface area (Å²) in [6.45, 7) is 2.31. The number of nitrogens with zero attached hydrogens (tertiary/aromatic N) is 5. The molecule has 33 heavy (non-hydrogen) atoms. The highest BCUT2D eigenvalue weighted by Crippen LogP contribution is 2.32. The van der Waals surface area contributed by atoms with Gasteiger partial charge in [-0.1, -0.05) is 6.07 Å². The molecule has 3 aromatic heterocycles. The third-order valence-corrected chi connectivity index (χ3v) is 5.19. The van der Waals surface area contributed by atoms with Crippen LogP contribution in [0.3, 0.4) is 0 Å². The molecule has 3 heterocycles. The number of carbonyl (C=O) groups is 1. The number of rotatable bonds is 8. The molecule has 4 rings (SSSR count). The van der Waals surface area contributed by atoms with Crippen molar-refractivity contribution in [3.8, 4) is 28.7 Å². The third-order valence-electron chi connectivity index (χ3n) is 5.19. The lowest BCUT2D eigenvalue weighted by Gasteiger charge is -2.11. The molecule has 0 bridgehead atoms. The first-order chi connectivity index (χ1) is 16.1. The summed E-state index contributed by atoms with van der Waals surface area (Å²) in [5.74, 6) is 1.50. The molecule has 0 spiro atoms. The molecule has 0 unspecified atom stereocenters. The largest absolute Gasteiger partial charge is 0.497 e. The molecular formula is C24H24N6O3. The summed E-state index contributed by atoms with van der Waals surface area (Å²) in [4.78, 5) is 25.8. The number of hydrogen-bond donors (Lipinski definition) is 1. The quantitative estimate of drug-likeness (QED) is 0.445. The van der Waals surface area contributed by atoms with Crippen LogP contribution in [0.25, 0.3) is 17.2 Å². The van der Waals surface area contributed by atoms with Crippen LogP contribution in [0.15, 0.2) is 61.2 Å². The van der Waals surface area contributed by atoms with Gasteiger partial charge in [-0.3, -0.25) is 9.78 Å². The number of amides is 1. The van der Waals surface area contributed by atoms with Gasteiger partial charge in [0.1, 0.15) is 11.5 Å². The molecule has 168 valence electrons. The second-order valence-electron chi connectivity index (χ2n) is 7.23. The lowest BCUT2D eigenvalue weighted by atomic mass is 10.1. The van der Waals surface area contributed by atoms with Crippen LogP contribution < -0.4 is 14.8 Å². The van der Waals surface area contributed by atoms with Crippen LogP contribution in [0.4, 0.5) is 0 Å². The molecule has 4 aromatic rings. The van der Waals surface area contributed by atoms with Gasteiger partial charge in [-0.25, -0.2) is 14.6 Å². The van der Waals surface area contributed by atoms with Gasteiger partial charge < -0.3 is 14.8 Å². The number of aromatic nitrogens is 5. The van der Waals surface area contributed by atoms with E-state index in [1.807, 2.05) is 37.3 Å². The first kappa shape index (κ1) is 21.9. The maximum absolute atomic E-state index is 12.7. The van der Waals surface area contributed by atoms with Gasteiger partial charge in [0, 0.05) is 30.7 Å². The van der Waals surface area contributed by atoms with Gasteiger partial charge in [-0.05, 0) is 49.2 Å². The molecule has 1 N–H and O–H groups in total. The van der Waals surface area contributed by atoms with E-state index in [-0.39, 0.29) is 5.91 Å². The molecule has 0 atom stereocenters. The minimum Gasteiger partial charge on any atom is -0.497 e. The summed E-state index contributed by atoms with van der Waals surface area (Å²) in [6.07, 6.45) is 7.38. The topological polar surface area (TPSA) is 104 Å².